The SMILES string of the molecule is Cc1onc(-c2c(F)cccc2Cl)c1C(=O)OCc1ccc(Cl)cc1Cl. The first-order valence-electron chi connectivity index (χ1n) is 7.40. The summed E-state index contributed by atoms with van der Waals surface area (Å²) in [6.45, 7) is 1.43. The van der Waals surface area contributed by atoms with E-state index in [-0.39, 0.29) is 34.2 Å². The number of rotatable bonds is 4. The number of ether oxygens (including phenoxy) is 1. The van der Waals surface area contributed by atoms with Crippen LogP contribution in [0.1, 0.15) is 21.7 Å². The van der Waals surface area contributed by atoms with Gasteiger partial charge < -0.3 is 9.26 Å². The Morgan fingerprint density at radius 2 is 1.96 bits per heavy atom. The van der Waals surface area contributed by atoms with Gasteiger partial charge in [0.2, 0.25) is 0 Å². The van der Waals surface area contributed by atoms with Gasteiger partial charge in [-0.15, -0.1) is 0 Å². The molecule has 1 heterocycles. The van der Waals surface area contributed by atoms with Gasteiger partial charge in [-0.25, -0.2) is 9.18 Å². The molecule has 3 rings (SSSR count). The number of aryl methyl sites for hydroxylation is 1. The number of carbonyl (C=O) groups excluding carboxylic acids is 1. The number of benzene rings is 2. The molecule has 0 atom stereocenters. The molecule has 0 fully saturated rings. The highest BCUT2D eigenvalue weighted by molar-refractivity contribution is 6.35. The van der Waals surface area contributed by atoms with Crippen LogP contribution in [0.2, 0.25) is 15.1 Å². The molecule has 0 aliphatic heterocycles. The molecule has 0 aliphatic rings. The average molecular weight is 415 g/mol. The van der Waals surface area contributed by atoms with Crippen molar-refractivity contribution in [2.45, 2.75) is 13.5 Å². The Kier molecular flexibility index (Phi) is 5.51. The first-order chi connectivity index (χ1) is 12.4. The van der Waals surface area contributed by atoms with Crippen LogP contribution >= 0.6 is 34.8 Å². The number of nitrogens with zero attached hydrogens (tertiary/aromatic N) is 1. The van der Waals surface area contributed by atoms with Crippen LogP contribution < -0.4 is 0 Å². The van der Waals surface area contributed by atoms with E-state index in [1.165, 1.54) is 25.1 Å². The lowest BCUT2D eigenvalue weighted by Crippen LogP contribution is -2.08. The van der Waals surface area contributed by atoms with E-state index in [9.17, 15) is 9.18 Å². The molecule has 0 bridgehead atoms. The number of carbonyl (C=O) groups is 1. The molecule has 0 unspecified atom stereocenters. The summed E-state index contributed by atoms with van der Waals surface area (Å²) in [5.74, 6) is -1.17. The maximum absolute atomic E-state index is 14.2. The molecule has 0 spiro atoms. The molecule has 0 radical (unpaired) electrons. The predicted molar refractivity (Wildman–Crippen MR) is 97.2 cm³/mol. The zero-order chi connectivity index (χ0) is 18.8. The number of hydrogen-bond acceptors (Lipinski definition) is 4. The van der Waals surface area contributed by atoms with E-state index >= 15 is 0 Å². The smallest absolute Gasteiger partial charge is 0.344 e. The van der Waals surface area contributed by atoms with Crippen molar-refractivity contribution < 1.29 is 18.4 Å². The van der Waals surface area contributed by atoms with E-state index in [0.717, 1.165) is 0 Å². The van der Waals surface area contributed by atoms with Crippen molar-refractivity contribution in [1.29, 1.82) is 0 Å². The maximum Gasteiger partial charge on any atom is 0.344 e. The molecule has 1 aromatic heterocycles. The summed E-state index contributed by atoms with van der Waals surface area (Å²) < 4.78 is 24.5. The molecule has 4 nitrogen and oxygen atoms in total. The van der Waals surface area contributed by atoms with Crippen LogP contribution in [0.4, 0.5) is 4.39 Å². The minimum atomic E-state index is -0.732. The molecule has 134 valence electrons. The van der Waals surface area contributed by atoms with Gasteiger partial charge in [-0.3, -0.25) is 0 Å². The van der Waals surface area contributed by atoms with Gasteiger partial charge in [0.25, 0.3) is 0 Å². The van der Waals surface area contributed by atoms with Crippen molar-refractivity contribution in [1.82, 2.24) is 5.16 Å². The van der Waals surface area contributed by atoms with E-state index in [1.54, 1.807) is 18.2 Å². The molecular formula is C18H11Cl3FNO3. The van der Waals surface area contributed by atoms with Gasteiger partial charge in [-0.2, -0.15) is 0 Å². The fourth-order valence-corrected chi connectivity index (χ4v) is 3.08. The highest BCUT2D eigenvalue weighted by atomic mass is 35.5. The molecule has 0 N–H and O–H groups in total. The third kappa shape index (κ3) is 3.70. The quantitative estimate of drug-likeness (QED) is 0.484. The minimum absolute atomic E-state index is 0.00193. The van der Waals surface area contributed by atoms with Gasteiger partial charge in [0.1, 0.15) is 29.4 Å². The lowest BCUT2D eigenvalue weighted by atomic mass is 10.1. The van der Waals surface area contributed by atoms with Crippen molar-refractivity contribution in [3.05, 3.63) is 74.2 Å². The molecule has 8 heteroatoms. The second-order valence-corrected chi connectivity index (χ2v) is 6.62. The Hall–Kier alpha value is -2.08. The monoisotopic (exact) mass is 413 g/mol. The van der Waals surface area contributed by atoms with Crippen molar-refractivity contribution in [2.75, 3.05) is 0 Å². The van der Waals surface area contributed by atoms with Gasteiger partial charge in [-0.1, -0.05) is 52.1 Å². The van der Waals surface area contributed by atoms with Crippen LogP contribution in [0.25, 0.3) is 11.3 Å². The maximum atomic E-state index is 14.2. The molecule has 0 saturated carbocycles. The van der Waals surface area contributed by atoms with Crippen molar-refractivity contribution >= 4 is 40.8 Å². The van der Waals surface area contributed by atoms with Gasteiger partial charge in [0.05, 0.1) is 10.6 Å². The zero-order valence-electron chi connectivity index (χ0n) is 13.4. The number of aromatic nitrogens is 1. The van der Waals surface area contributed by atoms with Crippen molar-refractivity contribution in [3.63, 3.8) is 0 Å². The Morgan fingerprint density at radius 3 is 2.65 bits per heavy atom. The van der Waals surface area contributed by atoms with Crippen LogP contribution in [-0.2, 0) is 11.3 Å². The molecule has 0 saturated heterocycles. The second-order valence-electron chi connectivity index (χ2n) is 5.37. The zero-order valence-corrected chi connectivity index (χ0v) is 15.6. The Morgan fingerprint density at radius 1 is 1.19 bits per heavy atom. The lowest BCUT2D eigenvalue weighted by Gasteiger charge is -2.08. The summed E-state index contributed by atoms with van der Waals surface area (Å²) in [7, 11) is 0. The fourth-order valence-electron chi connectivity index (χ4n) is 2.36. The number of esters is 1. The van der Waals surface area contributed by atoms with Crippen LogP contribution in [0, 0.1) is 12.7 Å². The largest absolute Gasteiger partial charge is 0.457 e. The fraction of sp³-hybridized carbons (Fsp3) is 0.111. The molecular weight excluding hydrogens is 404 g/mol. The Balaban J connectivity index is 1.90. The van der Waals surface area contributed by atoms with Gasteiger partial charge in [-0.05, 0) is 31.2 Å². The molecule has 0 amide bonds. The highest BCUT2D eigenvalue weighted by Crippen LogP contribution is 2.34. The Bertz CT molecular complexity index is 968. The Labute approximate surface area is 163 Å². The van der Waals surface area contributed by atoms with E-state index in [1.807, 2.05) is 0 Å². The molecule has 3 aromatic rings. The average Bonchev–Trinajstić information content (AvgIpc) is 2.95. The van der Waals surface area contributed by atoms with E-state index in [2.05, 4.69) is 5.16 Å². The highest BCUT2D eigenvalue weighted by Gasteiger charge is 2.26. The second kappa shape index (κ2) is 7.66. The summed E-state index contributed by atoms with van der Waals surface area (Å²) >= 11 is 18.0. The van der Waals surface area contributed by atoms with Crippen LogP contribution in [0.5, 0.6) is 0 Å². The molecule has 2 aromatic carbocycles. The van der Waals surface area contributed by atoms with Gasteiger partial charge in [0.15, 0.2) is 0 Å². The predicted octanol–water partition coefficient (Wildman–Crippen LogP) is 6.11. The lowest BCUT2D eigenvalue weighted by molar-refractivity contribution is 0.0471. The summed E-state index contributed by atoms with van der Waals surface area (Å²) in [5.41, 5.74) is 0.534. The van der Waals surface area contributed by atoms with Gasteiger partial charge >= 0.3 is 5.97 Å². The van der Waals surface area contributed by atoms with E-state index < -0.39 is 11.8 Å². The summed E-state index contributed by atoms with van der Waals surface area (Å²) in [4.78, 5) is 12.5. The molecule has 26 heavy (non-hydrogen) atoms. The minimum Gasteiger partial charge on any atom is -0.457 e. The number of halogens is 4. The van der Waals surface area contributed by atoms with Crippen LogP contribution in [0.3, 0.4) is 0 Å². The normalized spacial score (nSPS) is 10.8. The third-order valence-electron chi connectivity index (χ3n) is 3.64. The first kappa shape index (κ1) is 18.7. The van der Waals surface area contributed by atoms with Gasteiger partial charge in [0, 0.05) is 15.6 Å². The van der Waals surface area contributed by atoms with Crippen molar-refractivity contribution in [2.24, 2.45) is 0 Å². The molecule has 0 aliphatic carbocycles. The summed E-state index contributed by atoms with van der Waals surface area (Å²) in [6.07, 6.45) is 0. The first-order valence-corrected chi connectivity index (χ1v) is 8.53. The third-order valence-corrected chi connectivity index (χ3v) is 4.54. The van der Waals surface area contributed by atoms with E-state index in [4.69, 9.17) is 44.1 Å². The standard InChI is InChI=1S/C18H11Cl3FNO3/c1-9-15(17(23-26-9)16-12(20)3-2-4-14(16)22)18(24)25-8-10-5-6-11(19)7-13(10)21/h2-7H,8H2,1H3. The van der Waals surface area contributed by atoms with Crippen LogP contribution in [-0.4, -0.2) is 11.1 Å². The van der Waals surface area contributed by atoms with Crippen LogP contribution in [0.15, 0.2) is 40.9 Å². The summed E-state index contributed by atoms with van der Waals surface area (Å²) in [5, 5.41) is 4.71. The van der Waals surface area contributed by atoms with E-state index in [0.29, 0.717) is 15.6 Å². The summed E-state index contributed by atoms with van der Waals surface area (Å²) in [6, 6.07) is 8.98. The van der Waals surface area contributed by atoms with Crippen molar-refractivity contribution in [3.8, 4) is 11.3 Å². The topological polar surface area (TPSA) is 52.3 Å². The number of hydrogen-bond donors (Lipinski definition) is 0.